The van der Waals surface area contributed by atoms with Crippen molar-refractivity contribution in [3.63, 3.8) is 0 Å². The summed E-state index contributed by atoms with van der Waals surface area (Å²) < 4.78 is 58.1. The van der Waals surface area contributed by atoms with Crippen LogP contribution in [0.4, 0.5) is 11.4 Å². The number of rotatable bonds is 7. The lowest BCUT2D eigenvalue weighted by molar-refractivity contribution is -0.386. The second-order valence-electron chi connectivity index (χ2n) is 5.96. The Hall–Kier alpha value is -2.70. The van der Waals surface area contributed by atoms with Crippen molar-refractivity contribution in [3.05, 3.63) is 52.1 Å². The first-order valence-electron chi connectivity index (χ1n) is 7.78. The molecule has 0 saturated heterocycles. The molecule has 0 aromatic heterocycles. The van der Waals surface area contributed by atoms with Crippen molar-refractivity contribution in [2.75, 3.05) is 25.9 Å². The zero-order chi connectivity index (χ0) is 21.3. The third-order valence-corrected chi connectivity index (χ3v) is 7.19. The summed E-state index contributed by atoms with van der Waals surface area (Å²) in [6.07, 6.45) is 0. The van der Waals surface area contributed by atoms with E-state index in [-0.39, 0.29) is 21.2 Å². The van der Waals surface area contributed by atoms with E-state index in [1.807, 2.05) is 0 Å². The van der Waals surface area contributed by atoms with Gasteiger partial charge in [0.25, 0.3) is 10.0 Å². The molecular weight excluding hydrogens is 410 g/mol. The molecule has 0 aliphatic heterocycles. The largest absolute Gasteiger partial charge is 0.490 e. The lowest BCUT2D eigenvalue weighted by Crippen LogP contribution is -2.23. The minimum Gasteiger partial charge on any atom is -0.490 e. The molecule has 2 rings (SSSR count). The van der Waals surface area contributed by atoms with Gasteiger partial charge >= 0.3 is 5.69 Å². The van der Waals surface area contributed by atoms with Gasteiger partial charge in [0.1, 0.15) is 0 Å². The summed E-state index contributed by atoms with van der Waals surface area (Å²) in [6.45, 7) is 1.58. The van der Waals surface area contributed by atoms with Crippen molar-refractivity contribution >= 4 is 31.4 Å². The Balaban J connectivity index is 2.48. The molecule has 0 amide bonds. The van der Waals surface area contributed by atoms with E-state index >= 15 is 0 Å². The van der Waals surface area contributed by atoms with Crippen LogP contribution in [0.2, 0.25) is 0 Å². The number of ether oxygens (including phenoxy) is 1. The molecule has 2 aromatic carbocycles. The van der Waals surface area contributed by atoms with Gasteiger partial charge in [-0.3, -0.25) is 14.8 Å². The van der Waals surface area contributed by atoms with E-state index in [1.165, 1.54) is 45.5 Å². The molecule has 0 bridgehead atoms. The van der Waals surface area contributed by atoms with Crippen LogP contribution in [0.1, 0.15) is 5.56 Å². The third-order valence-electron chi connectivity index (χ3n) is 3.86. The Labute approximate surface area is 163 Å². The van der Waals surface area contributed by atoms with E-state index in [9.17, 15) is 26.9 Å². The van der Waals surface area contributed by atoms with Crippen molar-refractivity contribution in [1.82, 2.24) is 4.31 Å². The minimum atomic E-state index is -4.21. The molecular formula is C16H19N3O7S2. The van der Waals surface area contributed by atoms with Crippen LogP contribution in [-0.4, -0.2) is 47.3 Å². The lowest BCUT2D eigenvalue weighted by atomic mass is 10.2. The number of aryl methyl sites for hydroxylation is 1. The summed E-state index contributed by atoms with van der Waals surface area (Å²) in [5.74, 6) is -0.0846. The standard InChI is InChI=1S/C16H19N3O7S2/c1-11-5-6-12(9-16(11)28(24,25)18(2)3)17-27(22,23)13-7-8-15(26-4)14(10-13)19(20)21/h5-10,17H,1-4H3. The van der Waals surface area contributed by atoms with Crippen LogP contribution in [0.15, 0.2) is 46.2 Å². The third kappa shape index (κ3) is 4.24. The molecule has 0 heterocycles. The van der Waals surface area contributed by atoms with E-state index in [2.05, 4.69) is 4.72 Å². The van der Waals surface area contributed by atoms with Crippen LogP contribution in [0, 0.1) is 17.0 Å². The Bertz CT molecular complexity index is 1130. The molecule has 0 aliphatic carbocycles. The fourth-order valence-corrected chi connectivity index (χ4v) is 4.55. The Morgan fingerprint density at radius 2 is 1.71 bits per heavy atom. The quantitative estimate of drug-likeness (QED) is 0.525. The normalized spacial score (nSPS) is 12.0. The number of hydrogen-bond acceptors (Lipinski definition) is 7. The number of anilines is 1. The minimum absolute atomic E-state index is 0.00416. The first-order valence-corrected chi connectivity index (χ1v) is 10.7. The van der Waals surface area contributed by atoms with Crippen molar-refractivity contribution in [2.45, 2.75) is 16.7 Å². The number of nitro groups is 1. The predicted molar refractivity (Wildman–Crippen MR) is 103 cm³/mol. The molecule has 12 heteroatoms. The first-order chi connectivity index (χ1) is 12.9. The van der Waals surface area contributed by atoms with Crippen LogP contribution in [0.3, 0.4) is 0 Å². The van der Waals surface area contributed by atoms with Crippen LogP contribution in [0.5, 0.6) is 5.75 Å². The molecule has 0 unspecified atom stereocenters. The summed E-state index contributed by atoms with van der Waals surface area (Å²) in [6, 6.07) is 7.25. The Morgan fingerprint density at radius 3 is 2.25 bits per heavy atom. The van der Waals surface area contributed by atoms with E-state index in [4.69, 9.17) is 4.74 Å². The monoisotopic (exact) mass is 429 g/mol. The van der Waals surface area contributed by atoms with Gasteiger partial charge in [-0.25, -0.2) is 21.1 Å². The van der Waals surface area contributed by atoms with Crippen LogP contribution < -0.4 is 9.46 Å². The van der Waals surface area contributed by atoms with Gasteiger partial charge < -0.3 is 4.74 Å². The number of nitrogens with zero attached hydrogens (tertiary/aromatic N) is 2. The highest BCUT2D eigenvalue weighted by atomic mass is 32.2. The van der Waals surface area contributed by atoms with Gasteiger partial charge in [0.2, 0.25) is 10.0 Å². The molecule has 10 nitrogen and oxygen atoms in total. The molecule has 28 heavy (non-hydrogen) atoms. The maximum Gasteiger partial charge on any atom is 0.312 e. The molecule has 0 radical (unpaired) electrons. The average Bonchev–Trinajstić information content (AvgIpc) is 2.62. The van der Waals surface area contributed by atoms with E-state index in [0.717, 1.165) is 16.4 Å². The smallest absolute Gasteiger partial charge is 0.312 e. The van der Waals surface area contributed by atoms with Crippen LogP contribution in [0.25, 0.3) is 0 Å². The maximum atomic E-state index is 12.6. The lowest BCUT2D eigenvalue weighted by Gasteiger charge is -2.15. The summed E-state index contributed by atoms with van der Waals surface area (Å²) in [4.78, 5) is 9.93. The number of benzene rings is 2. The number of sulfonamides is 2. The molecule has 0 aliphatic rings. The second kappa shape index (κ2) is 7.73. The zero-order valence-electron chi connectivity index (χ0n) is 15.5. The van der Waals surface area contributed by atoms with Crippen molar-refractivity contribution in [3.8, 4) is 5.75 Å². The van der Waals surface area contributed by atoms with Crippen molar-refractivity contribution in [1.29, 1.82) is 0 Å². The summed E-state index contributed by atoms with van der Waals surface area (Å²) in [5.41, 5.74) is -0.0635. The fourth-order valence-electron chi connectivity index (χ4n) is 2.33. The molecule has 1 N–H and O–H groups in total. The molecule has 0 saturated carbocycles. The van der Waals surface area contributed by atoms with Crippen molar-refractivity contribution < 1.29 is 26.5 Å². The summed E-state index contributed by atoms with van der Waals surface area (Å²) in [5, 5.41) is 11.1. The summed E-state index contributed by atoms with van der Waals surface area (Å²) in [7, 11) is -4.04. The zero-order valence-corrected chi connectivity index (χ0v) is 17.2. The topological polar surface area (TPSA) is 136 Å². The Morgan fingerprint density at radius 1 is 1.07 bits per heavy atom. The fraction of sp³-hybridized carbons (Fsp3) is 0.250. The van der Waals surface area contributed by atoms with E-state index in [1.54, 1.807) is 6.92 Å². The number of nitrogens with one attached hydrogen (secondary N) is 1. The SMILES string of the molecule is COc1ccc(S(=O)(=O)Nc2ccc(C)c(S(=O)(=O)N(C)C)c2)cc1[N+](=O)[O-]. The summed E-state index contributed by atoms with van der Waals surface area (Å²) >= 11 is 0. The highest BCUT2D eigenvalue weighted by molar-refractivity contribution is 7.92. The predicted octanol–water partition coefficient (Wildman–Crippen LogP) is 1.96. The van der Waals surface area contributed by atoms with Gasteiger partial charge in [0.05, 0.1) is 27.5 Å². The van der Waals surface area contributed by atoms with Gasteiger partial charge in [-0.2, -0.15) is 0 Å². The molecule has 0 fully saturated rings. The van der Waals surface area contributed by atoms with Gasteiger partial charge in [0.15, 0.2) is 5.75 Å². The molecule has 152 valence electrons. The number of methoxy groups -OCH3 is 1. The first kappa shape index (κ1) is 21.6. The van der Waals surface area contributed by atoms with Crippen molar-refractivity contribution in [2.24, 2.45) is 0 Å². The molecule has 0 atom stereocenters. The second-order valence-corrected chi connectivity index (χ2v) is 9.77. The highest BCUT2D eigenvalue weighted by Crippen LogP contribution is 2.30. The Kier molecular flexibility index (Phi) is 5.97. The number of hydrogen-bond donors (Lipinski definition) is 1. The van der Waals surface area contributed by atoms with E-state index < -0.39 is 30.7 Å². The van der Waals surface area contributed by atoms with Gasteiger partial charge in [-0.15, -0.1) is 0 Å². The van der Waals surface area contributed by atoms with Gasteiger partial charge in [0, 0.05) is 20.2 Å². The van der Waals surface area contributed by atoms with Crippen LogP contribution in [-0.2, 0) is 20.0 Å². The van der Waals surface area contributed by atoms with Gasteiger partial charge in [-0.05, 0) is 36.8 Å². The molecule has 2 aromatic rings. The molecule has 0 spiro atoms. The van der Waals surface area contributed by atoms with E-state index in [0.29, 0.717) is 5.56 Å². The van der Waals surface area contributed by atoms with Crippen LogP contribution >= 0.6 is 0 Å². The highest BCUT2D eigenvalue weighted by Gasteiger charge is 2.24. The average molecular weight is 429 g/mol. The number of nitro benzene ring substituents is 1. The maximum absolute atomic E-state index is 12.6. The van der Waals surface area contributed by atoms with Gasteiger partial charge in [-0.1, -0.05) is 6.07 Å².